The minimum absolute atomic E-state index is 0.00794. The number of hydrogen-bond donors (Lipinski definition) is 4. The lowest BCUT2D eigenvalue weighted by atomic mass is 9.83. The van der Waals surface area contributed by atoms with Crippen LogP contribution >= 0.6 is 22.6 Å². The van der Waals surface area contributed by atoms with Crippen molar-refractivity contribution in [1.82, 2.24) is 60.5 Å². The number of nitrogens with one attached hydrogen (secondary N) is 4. The molecule has 2 heterocycles. The maximum atomic E-state index is 15.3. The summed E-state index contributed by atoms with van der Waals surface area (Å²) in [5.74, 6) is -8.44. The maximum Gasteiger partial charge on any atom is 0.246 e. The average molecular weight is 1480 g/mol. The first-order valence-corrected chi connectivity index (χ1v) is 37.4. The van der Waals surface area contributed by atoms with Gasteiger partial charge in [0.25, 0.3) is 0 Å². The number of likely N-dealkylation sites (tertiary alicyclic amines) is 1. The van der Waals surface area contributed by atoms with Crippen molar-refractivity contribution in [3.05, 3.63) is 0 Å². The van der Waals surface area contributed by atoms with Crippen LogP contribution in [0.2, 0.25) is 0 Å². The van der Waals surface area contributed by atoms with Crippen molar-refractivity contribution in [1.29, 1.82) is 0 Å². The molecular formula is C71H120FIN12O12. The van der Waals surface area contributed by atoms with Gasteiger partial charge in [-0.2, -0.15) is 0 Å². The minimum atomic E-state index is -1.72. The second kappa shape index (κ2) is 38.2. The summed E-state index contributed by atoms with van der Waals surface area (Å²) >= 11 is 2.40. The highest BCUT2D eigenvalue weighted by Crippen LogP contribution is 2.35. The van der Waals surface area contributed by atoms with Crippen LogP contribution in [-0.4, -0.2) is 250 Å². The molecule has 4 N–H and O–H groups in total. The van der Waals surface area contributed by atoms with Gasteiger partial charge in [0, 0.05) is 66.3 Å². The quantitative estimate of drug-likeness (QED) is 0.125. The Labute approximate surface area is 591 Å². The topological polar surface area (TPSA) is 279 Å². The van der Waals surface area contributed by atoms with Crippen LogP contribution in [0.4, 0.5) is 4.39 Å². The molecule has 10 atom stereocenters. The minimum Gasteiger partial charge on any atom is -0.343 e. The van der Waals surface area contributed by atoms with Crippen LogP contribution in [0.15, 0.2) is 0 Å². The number of likely N-dealkylation sites (N-methyl/N-ethyl adjacent to an activating group) is 7. The molecule has 2 saturated heterocycles. The van der Waals surface area contributed by atoms with Crippen molar-refractivity contribution in [3.8, 4) is 0 Å². The van der Waals surface area contributed by atoms with Gasteiger partial charge < -0.3 is 60.5 Å². The lowest BCUT2D eigenvalue weighted by molar-refractivity contribution is -0.152. The number of carbonyl (C=O) groups is 12. The van der Waals surface area contributed by atoms with E-state index in [0.717, 1.165) is 64.2 Å². The second-order valence-corrected chi connectivity index (χ2v) is 32.2. The van der Waals surface area contributed by atoms with Gasteiger partial charge in [-0.3, -0.25) is 57.5 Å². The number of hydrogen-bond acceptors (Lipinski definition) is 12. The fraction of sp³-hybridized carbons (Fsp3) is 0.831. The lowest BCUT2D eigenvalue weighted by Crippen LogP contribution is -2.64. The third-order valence-corrected chi connectivity index (χ3v) is 22.6. The van der Waals surface area contributed by atoms with Crippen molar-refractivity contribution < 1.29 is 61.9 Å². The Kier molecular flexibility index (Phi) is 32.3. The van der Waals surface area contributed by atoms with Crippen molar-refractivity contribution in [2.24, 2.45) is 35.5 Å². The van der Waals surface area contributed by atoms with Crippen LogP contribution in [0.5, 0.6) is 0 Å². The van der Waals surface area contributed by atoms with Gasteiger partial charge in [0.2, 0.25) is 70.9 Å². The summed E-state index contributed by atoms with van der Waals surface area (Å²) in [5, 5.41) is 11.8. The smallest absolute Gasteiger partial charge is 0.246 e. The Balaban J connectivity index is 1.61. The number of piperidine rings is 1. The fourth-order valence-electron chi connectivity index (χ4n) is 14.5. The fourth-order valence-corrected chi connectivity index (χ4v) is 15.6. The van der Waals surface area contributed by atoms with E-state index in [4.69, 9.17) is 0 Å². The monoisotopic (exact) mass is 1480 g/mol. The summed E-state index contributed by atoms with van der Waals surface area (Å²) in [4.78, 5) is 188. The Hall–Kier alpha value is -5.70. The number of rotatable bonds is 13. The van der Waals surface area contributed by atoms with Crippen molar-refractivity contribution in [2.75, 3.05) is 82.1 Å². The first-order chi connectivity index (χ1) is 45.6. The van der Waals surface area contributed by atoms with E-state index in [0.29, 0.717) is 55.5 Å². The van der Waals surface area contributed by atoms with Gasteiger partial charge in [-0.05, 0) is 139 Å². The van der Waals surface area contributed by atoms with E-state index in [1.807, 2.05) is 34.6 Å². The van der Waals surface area contributed by atoms with Gasteiger partial charge in [-0.15, -0.1) is 0 Å². The first kappa shape index (κ1) is 82.0. The zero-order valence-electron chi connectivity index (χ0n) is 61.2. The van der Waals surface area contributed by atoms with Gasteiger partial charge >= 0.3 is 0 Å². The molecule has 3 aliphatic carbocycles. The molecule has 26 heteroatoms. The van der Waals surface area contributed by atoms with Gasteiger partial charge in [0.1, 0.15) is 54.0 Å². The maximum absolute atomic E-state index is 15.3. The van der Waals surface area contributed by atoms with Crippen LogP contribution < -0.4 is 21.3 Å². The molecule has 12 amide bonds. The summed E-state index contributed by atoms with van der Waals surface area (Å²) in [6.45, 7) is 13.4. The molecule has 0 spiro atoms. The number of carbonyl (C=O) groups excluding carboxylic acids is 12. The predicted octanol–water partition coefficient (Wildman–Crippen LogP) is 5.85. The van der Waals surface area contributed by atoms with E-state index in [1.54, 1.807) is 11.8 Å². The molecule has 24 nitrogen and oxygen atoms in total. The SMILES string of the molecule is CC[C@H](C)[C@@H]1NC(=O)[C@H](CC(C)C)N(C)C(=O)C[C@@H](C(=O)N2CCCCC2)N(C)C(=O)[C@H](CC(C)C)NC(=O)C(C)(C)N(C)C(=O)[C@H](CC2CCC(F)CC2)NC(=O)[C@H](CC2CCCC(I)C2)NC(=O)CN(C)C(=O)[C@H](CC2CCCCC2)N(C)C(=O)CN(C)C(=O)CN(C)C1=O. The Bertz CT molecular complexity index is 2720. The summed E-state index contributed by atoms with van der Waals surface area (Å²) in [6, 6.07) is -8.53. The van der Waals surface area contributed by atoms with Crippen LogP contribution in [-0.2, 0) is 57.5 Å². The highest BCUT2D eigenvalue weighted by Gasteiger charge is 2.45. The summed E-state index contributed by atoms with van der Waals surface area (Å²) in [7, 11) is 10.1. The van der Waals surface area contributed by atoms with Gasteiger partial charge in [0.05, 0.1) is 26.1 Å². The summed E-state index contributed by atoms with van der Waals surface area (Å²) < 4.78 is 15.0. The second-order valence-electron chi connectivity index (χ2n) is 30.5. The molecule has 2 unspecified atom stereocenters. The first-order valence-electron chi connectivity index (χ1n) is 36.1. The molecule has 5 rings (SSSR count). The Morgan fingerprint density at radius 2 is 1.08 bits per heavy atom. The zero-order valence-corrected chi connectivity index (χ0v) is 63.3. The van der Waals surface area contributed by atoms with E-state index in [9.17, 15) is 42.7 Å². The molecule has 0 bridgehead atoms. The molecule has 0 aromatic carbocycles. The van der Waals surface area contributed by atoms with Gasteiger partial charge in [-0.1, -0.05) is 115 Å². The standard InChI is InChI=1S/C71H120FIN12O12/c1-16-46(6)62-69(96)80(11)42-60(88)78(9)43-61(89)82(13)56(39-47-24-19-17-20-25-47)67(94)79(10)41-58(86)74-52(38-49-26-23-27-51(73)36-49)63(90)75-54(37-48-28-30-50(72)31-29-48)66(93)84(15)71(7,8)70(97)76-53(34-44(2)3)65(92)83(14)57(68(95)85-32-21-18-22-33-85)40-59(87)81(12)55(35-45(4)5)64(91)77-62/h44-57,62H,16-43H2,1-15H3,(H,74,86)(H,75,90)(H,76,97)(H,77,91)/t46-,48?,49?,50?,51?,52-,53-,54-,55-,56-,57-,62-/m0/s1. The van der Waals surface area contributed by atoms with Crippen LogP contribution in [0.1, 0.15) is 203 Å². The van der Waals surface area contributed by atoms with Crippen LogP contribution in [0, 0.1) is 35.5 Å². The summed E-state index contributed by atoms with van der Waals surface area (Å²) in [5.41, 5.74) is -1.72. The van der Waals surface area contributed by atoms with E-state index in [2.05, 4.69) is 43.9 Å². The molecule has 3 saturated carbocycles. The molecule has 0 aromatic rings. The Morgan fingerprint density at radius 1 is 0.526 bits per heavy atom. The lowest BCUT2D eigenvalue weighted by Gasteiger charge is -2.40. The number of alkyl halides is 2. The van der Waals surface area contributed by atoms with Crippen molar-refractivity contribution in [3.63, 3.8) is 0 Å². The van der Waals surface area contributed by atoms with Crippen LogP contribution in [0.3, 0.4) is 0 Å². The molecular weight excluding hydrogens is 1360 g/mol. The number of amides is 12. The normalized spacial score (nSPS) is 29.8. The molecule has 550 valence electrons. The Morgan fingerprint density at radius 3 is 1.68 bits per heavy atom. The van der Waals surface area contributed by atoms with Gasteiger partial charge in [-0.25, -0.2) is 4.39 Å². The highest BCUT2D eigenvalue weighted by atomic mass is 127. The third-order valence-electron chi connectivity index (χ3n) is 21.4. The van der Waals surface area contributed by atoms with Crippen molar-refractivity contribution >= 4 is 93.5 Å². The van der Waals surface area contributed by atoms with E-state index in [-0.39, 0.29) is 68.1 Å². The third kappa shape index (κ3) is 23.7. The highest BCUT2D eigenvalue weighted by molar-refractivity contribution is 14.1. The largest absolute Gasteiger partial charge is 0.343 e. The zero-order chi connectivity index (χ0) is 72.3. The van der Waals surface area contributed by atoms with Crippen LogP contribution in [0.25, 0.3) is 0 Å². The molecule has 5 aliphatic rings. The predicted molar refractivity (Wildman–Crippen MR) is 378 cm³/mol. The molecule has 0 aromatic heterocycles. The summed E-state index contributed by atoms with van der Waals surface area (Å²) in [6.07, 6.45) is 11.4. The molecule has 5 fully saturated rings. The van der Waals surface area contributed by atoms with E-state index >= 15 is 19.2 Å². The molecule has 2 aliphatic heterocycles. The average Bonchev–Trinajstić information content (AvgIpc) is 0.820. The molecule has 0 radical (unpaired) electrons. The van der Waals surface area contributed by atoms with E-state index in [1.165, 1.54) is 97.5 Å². The number of halogens is 2. The van der Waals surface area contributed by atoms with Crippen molar-refractivity contribution in [2.45, 2.75) is 261 Å². The van der Waals surface area contributed by atoms with E-state index < -0.39 is 157 Å². The number of nitrogens with zero attached hydrogens (tertiary/aromatic N) is 8. The van der Waals surface area contributed by atoms with Gasteiger partial charge in [0.15, 0.2) is 0 Å². The molecule has 97 heavy (non-hydrogen) atoms.